The minimum Gasteiger partial charge on any atom is -0.479 e. The third-order valence-electron chi connectivity index (χ3n) is 3.42. The summed E-state index contributed by atoms with van der Waals surface area (Å²) in [5.41, 5.74) is 10.6. The molecule has 132 valence electrons. The van der Waals surface area contributed by atoms with Crippen molar-refractivity contribution in [3.05, 3.63) is 0 Å². The van der Waals surface area contributed by atoms with E-state index in [9.17, 15) is 19.8 Å². The van der Waals surface area contributed by atoms with Gasteiger partial charge in [-0.1, -0.05) is 0 Å². The summed E-state index contributed by atoms with van der Waals surface area (Å²) in [4.78, 5) is 26.5. The zero-order valence-electron chi connectivity index (χ0n) is 12.5. The average Bonchev–Trinajstić information content (AvgIpc) is 2.45. The highest BCUT2D eigenvalue weighted by atomic mass is 16.5. The molecule has 0 unspecified atom stereocenters. The van der Waals surface area contributed by atoms with Gasteiger partial charge in [-0.3, -0.25) is 4.79 Å². The Morgan fingerprint density at radius 1 is 1.39 bits per heavy atom. The monoisotopic (exact) mass is 334 g/mol. The molecule has 0 spiro atoms. The Labute approximate surface area is 131 Å². The quantitative estimate of drug-likeness (QED) is 0.187. The van der Waals surface area contributed by atoms with Crippen molar-refractivity contribution in [1.29, 1.82) is 0 Å². The topological polar surface area (TPSA) is 201 Å². The lowest BCUT2D eigenvalue weighted by Gasteiger charge is -2.42. The van der Waals surface area contributed by atoms with Gasteiger partial charge in [-0.2, -0.15) is 0 Å². The standard InChI is InChI=1S/C12H22N4O7/c1-4(18)15-8-5(16-12(13)14)2-7(11(21)22)23-10(8)9(20)6(19)3-17/h5-10,17,19-20H,2-3H2,1H3,(H,15,18)(H,21,22)(H4,13,14,16)/t5-,6+,7-,8+,9+,10-/m0/s1. The molecule has 6 atom stereocenters. The number of aliphatic carboxylic acids is 1. The average molecular weight is 334 g/mol. The first-order valence-electron chi connectivity index (χ1n) is 6.88. The predicted molar refractivity (Wildman–Crippen MR) is 77.2 cm³/mol. The van der Waals surface area contributed by atoms with E-state index in [2.05, 4.69) is 10.3 Å². The lowest BCUT2D eigenvalue weighted by Crippen LogP contribution is -2.63. The molecule has 1 rings (SSSR count). The summed E-state index contributed by atoms with van der Waals surface area (Å²) >= 11 is 0. The number of nitrogens with two attached hydrogens (primary N) is 2. The highest BCUT2D eigenvalue weighted by Crippen LogP contribution is 2.26. The Morgan fingerprint density at radius 3 is 2.43 bits per heavy atom. The number of carboxylic acids is 1. The van der Waals surface area contributed by atoms with Crippen molar-refractivity contribution in [1.82, 2.24) is 5.32 Å². The number of carbonyl (C=O) groups is 2. The van der Waals surface area contributed by atoms with Crippen molar-refractivity contribution in [2.45, 2.75) is 49.8 Å². The molecule has 1 amide bonds. The molecule has 9 N–H and O–H groups in total. The fourth-order valence-corrected chi connectivity index (χ4v) is 2.43. The summed E-state index contributed by atoms with van der Waals surface area (Å²) in [6.45, 7) is 0.431. The minimum atomic E-state index is -1.66. The maximum Gasteiger partial charge on any atom is 0.332 e. The molecule has 0 aliphatic carbocycles. The molecule has 0 saturated carbocycles. The van der Waals surface area contributed by atoms with Crippen molar-refractivity contribution in [2.75, 3.05) is 6.61 Å². The largest absolute Gasteiger partial charge is 0.479 e. The van der Waals surface area contributed by atoms with E-state index in [-0.39, 0.29) is 12.4 Å². The van der Waals surface area contributed by atoms with Gasteiger partial charge >= 0.3 is 5.97 Å². The SMILES string of the molecule is CC(=O)N[C@H]1[C@@H]([C@H](O)[C@H](O)CO)O[C@H](C(=O)O)C[C@@H]1N=C(N)N. The van der Waals surface area contributed by atoms with Gasteiger partial charge in [0, 0.05) is 13.3 Å². The Bertz CT molecular complexity index is 468. The number of rotatable bonds is 6. The van der Waals surface area contributed by atoms with Gasteiger partial charge < -0.3 is 41.9 Å². The molecule has 0 aromatic rings. The Hall–Kier alpha value is -1.95. The summed E-state index contributed by atoms with van der Waals surface area (Å²) < 4.78 is 5.27. The maximum atomic E-state index is 11.4. The van der Waals surface area contributed by atoms with Gasteiger partial charge in [-0.05, 0) is 0 Å². The fraction of sp³-hybridized carbons (Fsp3) is 0.750. The molecule has 0 bridgehead atoms. The number of aliphatic hydroxyl groups is 3. The van der Waals surface area contributed by atoms with Crippen molar-refractivity contribution in [3.8, 4) is 0 Å². The lowest BCUT2D eigenvalue weighted by atomic mass is 9.88. The number of nitrogens with zero attached hydrogens (tertiary/aromatic N) is 1. The van der Waals surface area contributed by atoms with Crippen LogP contribution in [-0.4, -0.2) is 81.4 Å². The van der Waals surface area contributed by atoms with Crippen LogP contribution < -0.4 is 16.8 Å². The van der Waals surface area contributed by atoms with Crippen molar-refractivity contribution in [3.63, 3.8) is 0 Å². The van der Waals surface area contributed by atoms with Gasteiger partial charge in [-0.25, -0.2) is 9.79 Å². The van der Waals surface area contributed by atoms with E-state index in [1.807, 2.05) is 0 Å². The van der Waals surface area contributed by atoms with E-state index in [4.69, 9.17) is 26.4 Å². The highest BCUT2D eigenvalue weighted by Gasteiger charge is 2.46. The summed E-state index contributed by atoms with van der Waals surface area (Å²) in [6, 6.07) is -1.87. The zero-order chi connectivity index (χ0) is 17.7. The van der Waals surface area contributed by atoms with Crippen molar-refractivity contribution in [2.24, 2.45) is 16.5 Å². The molecular weight excluding hydrogens is 312 g/mol. The third-order valence-corrected chi connectivity index (χ3v) is 3.42. The smallest absolute Gasteiger partial charge is 0.332 e. The van der Waals surface area contributed by atoms with Gasteiger partial charge in [0.05, 0.1) is 18.7 Å². The Kier molecular flexibility index (Phi) is 6.69. The van der Waals surface area contributed by atoms with Gasteiger partial charge in [0.2, 0.25) is 5.91 Å². The minimum absolute atomic E-state index is 0.142. The maximum absolute atomic E-state index is 11.4. The molecule has 1 saturated heterocycles. The number of carbonyl (C=O) groups excluding carboxylic acids is 1. The van der Waals surface area contributed by atoms with Crippen molar-refractivity contribution < 1.29 is 34.8 Å². The number of amides is 1. The van der Waals surface area contributed by atoms with Crippen LogP contribution in [0.2, 0.25) is 0 Å². The normalized spacial score (nSPS) is 30.1. The van der Waals surface area contributed by atoms with Crippen molar-refractivity contribution >= 4 is 17.8 Å². The van der Waals surface area contributed by atoms with E-state index in [1.54, 1.807) is 0 Å². The van der Waals surface area contributed by atoms with E-state index in [1.165, 1.54) is 6.92 Å². The van der Waals surface area contributed by atoms with Crippen LogP contribution in [0.5, 0.6) is 0 Å². The van der Waals surface area contributed by atoms with E-state index >= 15 is 0 Å². The number of carboxylic acid groups (broad SMARTS) is 1. The second-order valence-electron chi connectivity index (χ2n) is 5.25. The number of nitrogens with one attached hydrogen (secondary N) is 1. The summed E-state index contributed by atoms with van der Waals surface area (Å²) in [7, 11) is 0. The molecule has 1 fully saturated rings. The molecule has 0 radical (unpaired) electrons. The van der Waals surface area contributed by atoms with Crippen LogP contribution in [0, 0.1) is 0 Å². The van der Waals surface area contributed by atoms with Crippen LogP contribution in [0.1, 0.15) is 13.3 Å². The molecule has 1 aliphatic rings. The van der Waals surface area contributed by atoms with Crippen LogP contribution in [0.3, 0.4) is 0 Å². The second-order valence-corrected chi connectivity index (χ2v) is 5.25. The summed E-state index contributed by atoms with van der Waals surface area (Å²) in [5, 5.41) is 40.3. The second kappa shape index (κ2) is 8.06. The first-order chi connectivity index (χ1) is 10.7. The molecule has 11 nitrogen and oxygen atoms in total. The van der Waals surface area contributed by atoms with E-state index in [0.29, 0.717) is 0 Å². The Morgan fingerprint density at radius 2 is 2.00 bits per heavy atom. The summed E-state index contributed by atoms with van der Waals surface area (Å²) in [6.07, 6.45) is -6.07. The molecule has 0 aromatic heterocycles. The fourth-order valence-electron chi connectivity index (χ4n) is 2.43. The van der Waals surface area contributed by atoms with Crippen LogP contribution in [0.4, 0.5) is 0 Å². The Balaban J connectivity index is 3.18. The number of guanidine groups is 1. The van der Waals surface area contributed by atoms with Crippen LogP contribution in [0.25, 0.3) is 0 Å². The predicted octanol–water partition coefficient (Wildman–Crippen LogP) is -3.91. The lowest BCUT2D eigenvalue weighted by molar-refractivity contribution is -0.182. The van der Waals surface area contributed by atoms with Gasteiger partial charge in [0.25, 0.3) is 0 Å². The number of hydrogen-bond acceptors (Lipinski definition) is 7. The number of hydrogen-bond donors (Lipinski definition) is 7. The molecule has 11 heteroatoms. The van der Waals surface area contributed by atoms with Gasteiger partial charge in [0.1, 0.15) is 18.3 Å². The first kappa shape index (κ1) is 19.1. The highest BCUT2D eigenvalue weighted by molar-refractivity contribution is 5.77. The molecular formula is C12H22N4O7. The third kappa shape index (κ3) is 5.03. The van der Waals surface area contributed by atoms with Gasteiger partial charge in [-0.15, -0.1) is 0 Å². The molecule has 0 aromatic carbocycles. The van der Waals surface area contributed by atoms with Crippen LogP contribution in [0.15, 0.2) is 4.99 Å². The molecule has 1 heterocycles. The van der Waals surface area contributed by atoms with Crippen LogP contribution in [-0.2, 0) is 14.3 Å². The van der Waals surface area contributed by atoms with E-state index < -0.39 is 55.0 Å². The zero-order valence-corrected chi connectivity index (χ0v) is 12.5. The molecule has 23 heavy (non-hydrogen) atoms. The number of aliphatic imine (C=N–C) groups is 1. The number of aliphatic hydroxyl groups excluding tert-OH is 3. The number of ether oxygens (including phenoxy) is 1. The van der Waals surface area contributed by atoms with Crippen LogP contribution >= 0.6 is 0 Å². The summed E-state index contributed by atoms with van der Waals surface area (Å²) in [5.74, 6) is -2.12. The molecule has 1 aliphatic heterocycles. The van der Waals surface area contributed by atoms with E-state index in [0.717, 1.165) is 0 Å². The first-order valence-corrected chi connectivity index (χ1v) is 6.88. The van der Waals surface area contributed by atoms with Gasteiger partial charge in [0.15, 0.2) is 12.1 Å².